The van der Waals surface area contributed by atoms with Crippen molar-refractivity contribution < 1.29 is 4.74 Å². The van der Waals surface area contributed by atoms with Crippen molar-refractivity contribution >= 4 is 12.0 Å². The third kappa shape index (κ3) is 5.37. The third-order valence-corrected chi connectivity index (χ3v) is 5.88. The van der Waals surface area contributed by atoms with Crippen LogP contribution in [0.1, 0.15) is 56.3 Å². The van der Waals surface area contributed by atoms with Crippen molar-refractivity contribution in [1.82, 2.24) is 15.0 Å². The van der Waals surface area contributed by atoms with E-state index in [2.05, 4.69) is 43.2 Å². The number of rotatable bonds is 6. The minimum atomic E-state index is -0.310. The van der Waals surface area contributed by atoms with Gasteiger partial charge in [-0.05, 0) is 30.5 Å². The van der Waals surface area contributed by atoms with Gasteiger partial charge in [-0.1, -0.05) is 51.1 Å². The van der Waals surface area contributed by atoms with Gasteiger partial charge in [0.25, 0.3) is 5.56 Å². The lowest BCUT2D eigenvalue weighted by Crippen LogP contribution is -2.30. The Kier molecular flexibility index (Phi) is 6.70. The fraction of sp³-hybridized carbons (Fsp3) is 0.385. The third-order valence-electron chi connectivity index (χ3n) is 5.88. The molecule has 0 aliphatic carbocycles. The van der Waals surface area contributed by atoms with Crippen molar-refractivity contribution in [3.8, 4) is 11.3 Å². The molecule has 0 unspecified atom stereocenters. The molecule has 7 heteroatoms. The van der Waals surface area contributed by atoms with Gasteiger partial charge >= 0.3 is 0 Å². The lowest BCUT2D eigenvalue weighted by Gasteiger charge is -2.24. The lowest BCUT2D eigenvalue weighted by molar-refractivity contribution is 0.0904. The van der Waals surface area contributed by atoms with Crippen molar-refractivity contribution in [1.29, 1.82) is 5.41 Å². The maximum Gasteiger partial charge on any atom is 0.261 e. The molecule has 4 rings (SSSR count). The quantitative estimate of drug-likeness (QED) is 0.491. The van der Waals surface area contributed by atoms with Crippen molar-refractivity contribution in [3.05, 3.63) is 75.5 Å². The lowest BCUT2D eigenvalue weighted by atomic mass is 9.91. The van der Waals surface area contributed by atoms with Crippen LogP contribution in [0.4, 0.5) is 5.82 Å². The maximum absolute atomic E-state index is 12.7. The zero-order chi connectivity index (χ0) is 23.4. The van der Waals surface area contributed by atoms with E-state index in [1.807, 2.05) is 30.3 Å². The average molecular weight is 446 g/mol. The molecule has 0 atom stereocenters. The molecular formula is C26H31N5O2. The Morgan fingerprint density at radius 3 is 2.61 bits per heavy atom. The van der Waals surface area contributed by atoms with Gasteiger partial charge in [-0.15, -0.1) is 0 Å². The first-order valence-electron chi connectivity index (χ1n) is 11.4. The van der Waals surface area contributed by atoms with Gasteiger partial charge in [-0.25, -0.2) is 4.98 Å². The molecule has 1 saturated heterocycles. The Morgan fingerprint density at radius 1 is 1.12 bits per heavy atom. The minimum absolute atomic E-state index is 0.0505. The number of H-pyrrole nitrogens is 1. The number of hydrogen-bond acceptors (Lipinski definition) is 6. The summed E-state index contributed by atoms with van der Waals surface area (Å²) in [5.41, 5.74) is 3.86. The van der Waals surface area contributed by atoms with Crippen LogP contribution in [0, 0.1) is 5.41 Å². The Morgan fingerprint density at radius 2 is 1.88 bits per heavy atom. The number of nitrogens with one attached hydrogen (secondary N) is 3. The summed E-state index contributed by atoms with van der Waals surface area (Å²) in [4.78, 5) is 25.2. The number of hydrogen-bond donors (Lipinski definition) is 3. The van der Waals surface area contributed by atoms with Gasteiger partial charge < -0.3 is 20.4 Å². The summed E-state index contributed by atoms with van der Waals surface area (Å²) in [7, 11) is 0. The molecule has 0 amide bonds. The Hall–Kier alpha value is -3.32. The van der Waals surface area contributed by atoms with Crippen LogP contribution in [-0.4, -0.2) is 40.4 Å². The van der Waals surface area contributed by atoms with Crippen LogP contribution in [0.3, 0.4) is 0 Å². The summed E-state index contributed by atoms with van der Waals surface area (Å²) in [6.45, 7) is 7.82. The fourth-order valence-corrected chi connectivity index (χ4v) is 4.00. The molecule has 33 heavy (non-hydrogen) atoms. The Bertz CT molecular complexity index is 1190. The van der Waals surface area contributed by atoms with Crippen LogP contribution in [0.15, 0.2) is 47.3 Å². The highest BCUT2D eigenvalue weighted by molar-refractivity contribution is 5.83. The first kappa shape index (κ1) is 22.9. The van der Waals surface area contributed by atoms with Crippen molar-refractivity contribution in [3.63, 3.8) is 0 Å². The first-order chi connectivity index (χ1) is 15.8. The van der Waals surface area contributed by atoms with E-state index in [0.717, 1.165) is 41.6 Å². The largest absolute Gasteiger partial charge is 0.381 e. The zero-order valence-electron chi connectivity index (χ0n) is 19.4. The monoisotopic (exact) mass is 445 g/mol. The summed E-state index contributed by atoms with van der Waals surface area (Å²) in [5.74, 6) is 1.01. The molecule has 7 nitrogen and oxygen atoms in total. The van der Waals surface area contributed by atoms with E-state index in [4.69, 9.17) is 20.1 Å². The number of aromatic amines is 1. The fourth-order valence-electron chi connectivity index (χ4n) is 4.00. The summed E-state index contributed by atoms with van der Waals surface area (Å²) in [6.07, 6.45) is 3.21. The van der Waals surface area contributed by atoms with E-state index >= 15 is 0 Å². The summed E-state index contributed by atoms with van der Waals surface area (Å²) >= 11 is 0. The zero-order valence-corrected chi connectivity index (χ0v) is 19.4. The molecule has 172 valence electrons. The smallest absolute Gasteiger partial charge is 0.261 e. The van der Waals surface area contributed by atoms with Crippen LogP contribution >= 0.6 is 0 Å². The summed E-state index contributed by atoms with van der Waals surface area (Å²) in [6, 6.07) is 14.3. The molecule has 3 aromatic rings. The summed E-state index contributed by atoms with van der Waals surface area (Å²) in [5, 5.41) is 11.1. The molecule has 3 N–H and O–H groups in total. The highest BCUT2D eigenvalue weighted by atomic mass is 16.5. The maximum atomic E-state index is 12.7. The van der Waals surface area contributed by atoms with Crippen LogP contribution in [0.25, 0.3) is 11.3 Å². The number of benzene rings is 1. The Balaban J connectivity index is 1.68. The van der Waals surface area contributed by atoms with Gasteiger partial charge in [0.05, 0.1) is 11.3 Å². The molecule has 0 spiro atoms. The van der Waals surface area contributed by atoms with Gasteiger partial charge in [0, 0.05) is 48.6 Å². The van der Waals surface area contributed by atoms with Crippen LogP contribution in [0.5, 0.6) is 0 Å². The van der Waals surface area contributed by atoms with Crippen molar-refractivity contribution in [2.45, 2.75) is 51.5 Å². The van der Waals surface area contributed by atoms with E-state index in [9.17, 15) is 4.79 Å². The second-order valence-corrected chi connectivity index (χ2v) is 9.44. The second-order valence-electron chi connectivity index (χ2n) is 9.44. The van der Waals surface area contributed by atoms with Gasteiger partial charge in [-0.3, -0.25) is 9.78 Å². The minimum Gasteiger partial charge on any atom is -0.381 e. The van der Waals surface area contributed by atoms with E-state index in [0.29, 0.717) is 31.3 Å². The van der Waals surface area contributed by atoms with E-state index < -0.39 is 0 Å². The SMILES string of the molecule is CC(C)(C)c1cccc(-c2ccccc2Cc2nc(NC3CCOCC3)c(C=N)c(=O)[nH]2)n1. The second kappa shape index (κ2) is 9.67. The predicted molar refractivity (Wildman–Crippen MR) is 131 cm³/mol. The first-order valence-corrected chi connectivity index (χ1v) is 11.4. The van der Waals surface area contributed by atoms with E-state index in [1.54, 1.807) is 0 Å². The number of nitrogens with zero attached hydrogens (tertiary/aromatic N) is 2. The molecule has 1 aromatic carbocycles. The highest BCUT2D eigenvalue weighted by Gasteiger charge is 2.19. The highest BCUT2D eigenvalue weighted by Crippen LogP contribution is 2.27. The molecule has 0 radical (unpaired) electrons. The summed E-state index contributed by atoms with van der Waals surface area (Å²) < 4.78 is 5.43. The average Bonchev–Trinajstić information content (AvgIpc) is 2.80. The molecule has 1 fully saturated rings. The van der Waals surface area contributed by atoms with Crippen LogP contribution in [0.2, 0.25) is 0 Å². The van der Waals surface area contributed by atoms with Crippen LogP contribution in [-0.2, 0) is 16.6 Å². The standard InChI is InChI=1S/C26H31N5O2/c1-26(2,3)22-10-6-9-21(29-22)19-8-5-4-7-17(19)15-23-30-24(20(16-27)25(32)31-23)28-18-11-13-33-14-12-18/h4-10,16,18,27H,11-15H2,1-3H3,(H2,28,30,31,32). The van der Waals surface area contributed by atoms with E-state index in [-0.39, 0.29) is 22.6 Å². The van der Waals surface area contributed by atoms with Gasteiger partial charge in [-0.2, -0.15) is 0 Å². The van der Waals surface area contributed by atoms with Gasteiger partial charge in [0.15, 0.2) is 0 Å². The number of anilines is 1. The molecule has 3 heterocycles. The number of ether oxygens (including phenoxy) is 1. The van der Waals surface area contributed by atoms with Gasteiger partial charge in [0.1, 0.15) is 11.6 Å². The predicted octanol–water partition coefficient (Wildman–Crippen LogP) is 4.31. The van der Waals surface area contributed by atoms with E-state index in [1.165, 1.54) is 0 Å². The topological polar surface area (TPSA) is 104 Å². The Labute approximate surface area is 194 Å². The molecule has 1 aliphatic heterocycles. The normalized spacial score (nSPS) is 14.8. The van der Waals surface area contributed by atoms with Crippen LogP contribution < -0.4 is 10.9 Å². The van der Waals surface area contributed by atoms with Gasteiger partial charge in [0.2, 0.25) is 0 Å². The molecule has 0 bridgehead atoms. The molecule has 1 aliphatic rings. The number of aromatic nitrogens is 3. The van der Waals surface area contributed by atoms with Crippen molar-refractivity contribution in [2.75, 3.05) is 18.5 Å². The van der Waals surface area contributed by atoms with Crippen molar-refractivity contribution in [2.24, 2.45) is 0 Å². The molecule has 2 aromatic heterocycles. The number of pyridine rings is 1. The molecule has 0 saturated carbocycles. The molecular weight excluding hydrogens is 414 g/mol.